The van der Waals surface area contributed by atoms with Crippen LogP contribution in [-0.2, 0) is 19.5 Å². The standard InChI is InChI=1S/C9H20.Zn/c1-8(2)6-5-7-9(3)4;/h8-9H,5-7H2,1-4H3;. The van der Waals surface area contributed by atoms with Gasteiger partial charge in [0, 0.05) is 19.5 Å². The molecule has 0 spiro atoms. The molecule has 1 heteroatoms. The van der Waals surface area contributed by atoms with E-state index in [9.17, 15) is 0 Å². The maximum Gasteiger partial charge on any atom is 0 e. The van der Waals surface area contributed by atoms with E-state index in [0.29, 0.717) is 0 Å². The zero-order valence-corrected chi connectivity index (χ0v) is 11.0. The van der Waals surface area contributed by atoms with E-state index < -0.39 is 0 Å². The Balaban J connectivity index is 0. The van der Waals surface area contributed by atoms with Crippen LogP contribution in [0.2, 0.25) is 0 Å². The van der Waals surface area contributed by atoms with Crippen molar-refractivity contribution < 1.29 is 19.5 Å². The molecule has 0 bridgehead atoms. The summed E-state index contributed by atoms with van der Waals surface area (Å²) in [4.78, 5) is 0. The van der Waals surface area contributed by atoms with Gasteiger partial charge in [-0.25, -0.2) is 0 Å². The molecule has 0 rings (SSSR count). The van der Waals surface area contributed by atoms with Crippen LogP contribution in [0.5, 0.6) is 0 Å². The van der Waals surface area contributed by atoms with Crippen molar-refractivity contribution >= 4 is 0 Å². The quantitative estimate of drug-likeness (QED) is 0.600. The molecule has 0 aromatic heterocycles. The van der Waals surface area contributed by atoms with Crippen molar-refractivity contribution in [3.63, 3.8) is 0 Å². The van der Waals surface area contributed by atoms with Crippen LogP contribution in [0.4, 0.5) is 0 Å². The molecule has 0 saturated carbocycles. The summed E-state index contributed by atoms with van der Waals surface area (Å²) < 4.78 is 0. The zero-order valence-electron chi connectivity index (χ0n) is 7.98. The first-order valence-corrected chi connectivity index (χ1v) is 4.13. The van der Waals surface area contributed by atoms with Crippen LogP contribution >= 0.6 is 0 Å². The largest absolute Gasteiger partial charge is 0.0628 e. The Morgan fingerprint density at radius 3 is 1.30 bits per heavy atom. The van der Waals surface area contributed by atoms with E-state index in [0.717, 1.165) is 11.8 Å². The van der Waals surface area contributed by atoms with Crippen LogP contribution < -0.4 is 0 Å². The molecule has 0 radical (unpaired) electrons. The van der Waals surface area contributed by atoms with Crippen LogP contribution in [0.1, 0.15) is 47.0 Å². The van der Waals surface area contributed by atoms with Gasteiger partial charge in [0.1, 0.15) is 0 Å². The maximum atomic E-state index is 2.29. The van der Waals surface area contributed by atoms with Gasteiger partial charge < -0.3 is 0 Å². The molecule has 10 heavy (non-hydrogen) atoms. The molecule has 0 aromatic rings. The molecule has 0 heterocycles. The number of rotatable bonds is 4. The molecule has 0 aromatic carbocycles. The van der Waals surface area contributed by atoms with Gasteiger partial charge in [-0.05, 0) is 11.8 Å². The van der Waals surface area contributed by atoms with Gasteiger partial charge in [0.25, 0.3) is 0 Å². The third-order valence-electron chi connectivity index (χ3n) is 1.56. The van der Waals surface area contributed by atoms with Crippen molar-refractivity contribution in [1.82, 2.24) is 0 Å². The average Bonchev–Trinajstić information content (AvgIpc) is 1.63. The molecular weight excluding hydrogens is 173 g/mol. The first kappa shape index (κ1) is 13.2. The average molecular weight is 194 g/mol. The molecule has 0 unspecified atom stereocenters. The Bertz CT molecular complexity index is 49.7. The fraction of sp³-hybridized carbons (Fsp3) is 1.00. The first-order chi connectivity index (χ1) is 4.13. The molecule has 0 N–H and O–H groups in total. The molecule has 0 saturated heterocycles. The Kier molecular flexibility index (Phi) is 10.2. The monoisotopic (exact) mass is 192 g/mol. The second kappa shape index (κ2) is 7.73. The van der Waals surface area contributed by atoms with Crippen molar-refractivity contribution in [3.8, 4) is 0 Å². The molecule has 0 aliphatic heterocycles. The van der Waals surface area contributed by atoms with Crippen molar-refractivity contribution in [2.75, 3.05) is 0 Å². The number of hydrogen-bond acceptors (Lipinski definition) is 0. The van der Waals surface area contributed by atoms with E-state index >= 15 is 0 Å². The van der Waals surface area contributed by atoms with Crippen LogP contribution in [0.25, 0.3) is 0 Å². The summed E-state index contributed by atoms with van der Waals surface area (Å²) >= 11 is 0. The van der Waals surface area contributed by atoms with Gasteiger partial charge in [-0.15, -0.1) is 0 Å². The molecule has 0 fully saturated rings. The molecule has 58 valence electrons. The van der Waals surface area contributed by atoms with Crippen molar-refractivity contribution in [2.24, 2.45) is 11.8 Å². The Morgan fingerprint density at radius 1 is 0.800 bits per heavy atom. The Hall–Kier alpha value is 0.623. The summed E-state index contributed by atoms with van der Waals surface area (Å²) in [5.41, 5.74) is 0. The fourth-order valence-electron chi connectivity index (χ4n) is 0.934. The fourth-order valence-corrected chi connectivity index (χ4v) is 0.934. The van der Waals surface area contributed by atoms with E-state index in [-0.39, 0.29) is 19.5 Å². The molecule has 0 aliphatic rings. The van der Waals surface area contributed by atoms with Crippen LogP contribution in [0.3, 0.4) is 0 Å². The molecule has 0 atom stereocenters. The van der Waals surface area contributed by atoms with E-state index in [1.165, 1.54) is 19.3 Å². The van der Waals surface area contributed by atoms with Gasteiger partial charge in [-0.1, -0.05) is 47.0 Å². The smallest absolute Gasteiger partial charge is 0 e. The summed E-state index contributed by atoms with van der Waals surface area (Å²) in [5, 5.41) is 0. The minimum Gasteiger partial charge on any atom is -0.0628 e. The van der Waals surface area contributed by atoms with Gasteiger partial charge in [0.2, 0.25) is 0 Å². The van der Waals surface area contributed by atoms with E-state index in [2.05, 4.69) is 27.7 Å². The predicted molar refractivity (Wildman–Crippen MR) is 43.5 cm³/mol. The summed E-state index contributed by atoms with van der Waals surface area (Å²) in [6, 6.07) is 0. The molecule has 0 aliphatic carbocycles. The minimum absolute atomic E-state index is 0. The van der Waals surface area contributed by atoms with E-state index in [4.69, 9.17) is 0 Å². The van der Waals surface area contributed by atoms with Gasteiger partial charge >= 0.3 is 0 Å². The Morgan fingerprint density at radius 2 is 1.10 bits per heavy atom. The number of hydrogen-bond donors (Lipinski definition) is 0. The maximum absolute atomic E-state index is 2.29. The molecular formula is C9H20Zn. The van der Waals surface area contributed by atoms with Crippen LogP contribution in [-0.4, -0.2) is 0 Å². The topological polar surface area (TPSA) is 0 Å². The third-order valence-corrected chi connectivity index (χ3v) is 1.56. The predicted octanol–water partition coefficient (Wildman–Crippen LogP) is 3.47. The van der Waals surface area contributed by atoms with Gasteiger partial charge in [-0.2, -0.15) is 0 Å². The van der Waals surface area contributed by atoms with Crippen molar-refractivity contribution in [1.29, 1.82) is 0 Å². The van der Waals surface area contributed by atoms with Crippen molar-refractivity contribution in [3.05, 3.63) is 0 Å². The van der Waals surface area contributed by atoms with E-state index in [1.54, 1.807) is 0 Å². The van der Waals surface area contributed by atoms with Gasteiger partial charge in [0.15, 0.2) is 0 Å². The minimum atomic E-state index is 0. The van der Waals surface area contributed by atoms with Crippen LogP contribution in [0, 0.1) is 11.8 Å². The first-order valence-electron chi connectivity index (χ1n) is 4.13. The van der Waals surface area contributed by atoms with Gasteiger partial charge in [0.05, 0.1) is 0 Å². The second-order valence-corrected chi connectivity index (χ2v) is 3.72. The summed E-state index contributed by atoms with van der Waals surface area (Å²) in [7, 11) is 0. The normalized spacial score (nSPS) is 10.2. The summed E-state index contributed by atoms with van der Waals surface area (Å²) in [5.74, 6) is 1.78. The summed E-state index contributed by atoms with van der Waals surface area (Å²) in [6.07, 6.45) is 4.21. The SMILES string of the molecule is CC(C)CCCC(C)C.[Zn]. The zero-order chi connectivity index (χ0) is 7.28. The Labute approximate surface area is 78.5 Å². The van der Waals surface area contributed by atoms with Gasteiger partial charge in [-0.3, -0.25) is 0 Å². The molecule has 0 nitrogen and oxygen atoms in total. The van der Waals surface area contributed by atoms with Crippen LogP contribution in [0.15, 0.2) is 0 Å². The summed E-state index contributed by atoms with van der Waals surface area (Å²) in [6.45, 7) is 9.17. The third kappa shape index (κ3) is 11.4. The second-order valence-electron chi connectivity index (χ2n) is 3.72. The van der Waals surface area contributed by atoms with E-state index in [1.807, 2.05) is 0 Å². The van der Waals surface area contributed by atoms with Crippen molar-refractivity contribution in [2.45, 2.75) is 47.0 Å². The molecule has 0 amide bonds.